The van der Waals surface area contributed by atoms with E-state index in [0.717, 1.165) is 66.8 Å². The fourth-order valence-electron chi connectivity index (χ4n) is 5.76. The van der Waals surface area contributed by atoms with Gasteiger partial charge in [0.25, 0.3) is 0 Å². The quantitative estimate of drug-likeness (QED) is 0.183. The fraction of sp³-hybridized carbons (Fsp3) is 0.361. The Labute approximate surface area is 257 Å². The van der Waals surface area contributed by atoms with Gasteiger partial charge < -0.3 is 14.2 Å². The normalized spacial score (nSPS) is 14.1. The Morgan fingerprint density at radius 2 is 1.88 bits per heavy atom. The van der Waals surface area contributed by atoms with Crippen molar-refractivity contribution in [3.8, 4) is 27.4 Å². The summed E-state index contributed by atoms with van der Waals surface area (Å²) in [6.07, 6.45) is 2.20. The lowest BCUT2D eigenvalue weighted by atomic mass is 9.86. The van der Waals surface area contributed by atoms with Crippen LogP contribution in [0.4, 0.5) is 0 Å². The molecule has 3 aromatic heterocycles. The number of nitrogens with zero attached hydrogens (tertiary/aromatic N) is 2. The molecule has 0 amide bonds. The molecule has 0 radical (unpaired) electrons. The number of carbonyl (C=O) groups is 1. The maximum absolute atomic E-state index is 12.9. The molecule has 4 heterocycles. The molecule has 7 heteroatoms. The number of ether oxygens (including phenoxy) is 3. The van der Waals surface area contributed by atoms with Crippen molar-refractivity contribution in [2.24, 2.45) is 5.41 Å². The van der Waals surface area contributed by atoms with Crippen LogP contribution in [0, 0.1) is 12.3 Å². The summed E-state index contributed by atoms with van der Waals surface area (Å²) in [4.78, 5) is 24.1. The van der Waals surface area contributed by atoms with E-state index in [1.165, 1.54) is 5.56 Å². The number of benzene rings is 2. The van der Waals surface area contributed by atoms with Gasteiger partial charge in [-0.1, -0.05) is 6.07 Å². The summed E-state index contributed by atoms with van der Waals surface area (Å²) in [6, 6.07) is 16.7. The van der Waals surface area contributed by atoms with Crippen LogP contribution >= 0.6 is 11.3 Å². The minimum atomic E-state index is -0.629. The van der Waals surface area contributed by atoms with Crippen LogP contribution < -0.4 is 4.74 Å². The highest BCUT2D eigenvalue weighted by atomic mass is 32.1. The standard InChI is InChI=1S/C36H38N2O4S/c1-21-19-26-23(10-12-25(38-26)29-9-8-18-43-29)32(24-11-13-27-31-22(15-17-40-27)14-16-37-33(24)31)30(21)28(42-36(5,6)7)20-41-34(39)35(2,3)4/h8-14,16,18-19,28H,15,17,20H2,1-7H3/t28-/m1/s1. The minimum Gasteiger partial charge on any atom is -0.493 e. The first-order valence-corrected chi connectivity index (χ1v) is 15.7. The summed E-state index contributed by atoms with van der Waals surface area (Å²) < 4.78 is 18.7. The lowest BCUT2D eigenvalue weighted by molar-refractivity contribution is -0.162. The Bertz CT molecular complexity index is 1820. The lowest BCUT2D eigenvalue weighted by Gasteiger charge is -2.31. The van der Waals surface area contributed by atoms with Gasteiger partial charge in [-0.3, -0.25) is 9.78 Å². The summed E-state index contributed by atoms with van der Waals surface area (Å²) in [5.41, 5.74) is 6.75. The minimum absolute atomic E-state index is 0.0885. The second-order valence-electron chi connectivity index (χ2n) is 13.2. The SMILES string of the molecule is Cc1cc2nc(-c3cccs3)ccc2c(-c2ccc3c4c(ccnc24)CCO3)c1[C@@H](COC(=O)C(C)(C)C)OC(C)(C)C. The third-order valence-electron chi connectivity index (χ3n) is 7.65. The number of hydrogen-bond acceptors (Lipinski definition) is 7. The third-order valence-corrected chi connectivity index (χ3v) is 8.54. The number of thiophene rings is 1. The summed E-state index contributed by atoms with van der Waals surface area (Å²) in [5.74, 6) is 0.587. The highest BCUT2D eigenvalue weighted by molar-refractivity contribution is 7.13. The summed E-state index contributed by atoms with van der Waals surface area (Å²) in [7, 11) is 0. The van der Waals surface area contributed by atoms with Gasteiger partial charge in [0.15, 0.2) is 0 Å². The van der Waals surface area contributed by atoms with Crippen LogP contribution in [-0.2, 0) is 20.7 Å². The van der Waals surface area contributed by atoms with E-state index in [-0.39, 0.29) is 12.6 Å². The summed E-state index contributed by atoms with van der Waals surface area (Å²) in [5, 5.41) is 4.10. The van der Waals surface area contributed by atoms with E-state index in [4.69, 9.17) is 24.2 Å². The van der Waals surface area contributed by atoms with Crippen molar-refractivity contribution in [1.29, 1.82) is 0 Å². The van der Waals surface area contributed by atoms with E-state index in [2.05, 4.69) is 48.7 Å². The number of esters is 1. The van der Waals surface area contributed by atoms with Gasteiger partial charge in [-0.15, -0.1) is 11.3 Å². The molecule has 0 saturated heterocycles. The first-order chi connectivity index (χ1) is 20.4. The number of rotatable bonds is 6. The van der Waals surface area contributed by atoms with Gasteiger partial charge in [0.1, 0.15) is 18.5 Å². The van der Waals surface area contributed by atoms with Crippen LogP contribution in [-0.4, -0.2) is 34.8 Å². The van der Waals surface area contributed by atoms with Gasteiger partial charge in [-0.2, -0.15) is 0 Å². The van der Waals surface area contributed by atoms with Crippen LogP contribution in [0.15, 0.2) is 60.1 Å². The summed E-state index contributed by atoms with van der Waals surface area (Å²) >= 11 is 1.67. The van der Waals surface area contributed by atoms with Crippen molar-refractivity contribution < 1.29 is 19.0 Å². The number of fused-ring (bicyclic) bond motifs is 1. The Kier molecular flexibility index (Phi) is 7.51. The van der Waals surface area contributed by atoms with Crippen LogP contribution in [0.1, 0.15) is 64.3 Å². The van der Waals surface area contributed by atoms with Gasteiger partial charge in [-0.05, 0) is 119 Å². The zero-order valence-corrected chi connectivity index (χ0v) is 26.7. The molecule has 5 aromatic rings. The summed E-state index contributed by atoms with van der Waals surface area (Å²) in [6.45, 7) is 14.5. The zero-order valence-electron chi connectivity index (χ0n) is 25.9. The highest BCUT2D eigenvalue weighted by Gasteiger charge is 2.31. The first kappa shape index (κ1) is 29.3. The van der Waals surface area contributed by atoms with E-state index < -0.39 is 17.1 Å². The smallest absolute Gasteiger partial charge is 0.311 e. The molecule has 43 heavy (non-hydrogen) atoms. The maximum atomic E-state index is 12.9. The second kappa shape index (κ2) is 11.0. The molecular weight excluding hydrogens is 556 g/mol. The molecule has 0 spiro atoms. The predicted octanol–water partition coefficient (Wildman–Crippen LogP) is 8.87. The molecule has 0 saturated carbocycles. The molecule has 222 valence electrons. The molecule has 6 nitrogen and oxygen atoms in total. The van der Waals surface area contributed by atoms with Crippen LogP contribution in [0.2, 0.25) is 0 Å². The largest absolute Gasteiger partial charge is 0.493 e. The van der Waals surface area contributed by atoms with Crippen LogP contribution in [0.3, 0.4) is 0 Å². The van der Waals surface area contributed by atoms with Crippen molar-refractivity contribution in [2.45, 2.75) is 66.6 Å². The fourth-order valence-corrected chi connectivity index (χ4v) is 6.46. The zero-order chi connectivity index (χ0) is 30.5. The predicted molar refractivity (Wildman–Crippen MR) is 174 cm³/mol. The Balaban J connectivity index is 1.63. The van der Waals surface area contributed by atoms with E-state index >= 15 is 0 Å². The van der Waals surface area contributed by atoms with Crippen molar-refractivity contribution in [1.82, 2.24) is 9.97 Å². The molecular formula is C36H38N2O4S. The average molecular weight is 595 g/mol. The Morgan fingerprint density at radius 3 is 2.60 bits per heavy atom. The van der Waals surface area contributed by atoms with E-state index in [1.807, 2.05) is 59.9 Å². The first-order valence-electron chi connectivity index (χ1n) is 14.8. The van der Waals surface area contributed by atoms with Gasteiger partial charge in [0.05, 0.1) is 39.2 Å². The van der Waals surface area contributed by atoms with Crippen molar-refractivity contribution >= 4 is 39.1 Å². The van der Waals surface area contributed by atoms with Crippen molar-refractivity contribution in [3.63, 3.8) is 0 Å². The van der Waals surface area contributed by atoms with Crippen molar-refractivity contribution in [2.75, 3.05) is 13.2 Å². The maximum Gasteiger partial charge on any atom is 0.311 e. The number of pyridine rings is 2. The van der Waals surface area contributed by atoms with Gasteiger partial charge >= 0.3 is 5.97 Å². The molecule has 0 aliphatic carbocycles. The van der Waals surface area contributed by atoms with Crippen LogP contribution in [0.25, 0.3) is 43.5 Å². The van der Waals surface area contributed by atoms with Gasteiger partial charge in [-0.25, -0.2) is 4.98 Å². The number of aryl methyl sites for hydroxylation is 1. The lowest BCUT2D eigenvalue weighted by Crippen LogP contribution is -2.30. The second-order valence-corrected chi connectivity index (χ2v) is 14.1. The van der Waals surface area contributed by atoms with Gasteiger partial charge in [0, 0.05) is 29.0 Å². The van der Waals surface area contributed by atoms with E-state index in [0.29, 0.717) is 6.61 Å². The molecule has 1 aliphatic heterocycles. The number of hydrogen-bond donors (Lipinski definition) is 0. The number of carbonyl (C=O) groups excluding carboxylic acids is 1. The van der Waals surface area contributed by atoms with E-state index in [9.17, 15) is 4.79 Å². The molecule has 0 fully saturated rings. The Morgan fingerprint density at radius 1 is 1.07 bits per heavy atom. The average Bonchev–Trinajstić information content (AvgIpc) is 3.49. The molecule has 2 aromatic carbocycles. The van der Waals surface area contributed by atoms with Crippen molar-refractivity contribution in [3.05, 3.63) is 76.8 Å². The Hall–Kier alpha value is -3.81. The monoisotopic (exact) mass is 594 g/mol. The topological polar surface area (TPSA) is 70.5 Å². The molecule has 0 N–H and O–H groups in total. The third kappa shape index (κ3) is 5.76. The van der Waals surface area contributed by atoms with E-state index in [1.54, 1.807) is 11.3 Å². The van der Waals surface area contributed by atoms with Gasteiger partial charge in [0.2, 0.25) is 0 Å². The highest BCUT2D eigenvalue weighted by Crippen LogP contribution is 2.45. The number of aromatic nitrogens is 2. The molecule has 1 atom stereocenters. The molecule has 0 bridgehead atoms. The van der Waals surface area contributed by atoms with Crippen LogP contribution in [0.5, 0.6) is 5.75 Å². The molecule has 6 rings (SSSR count). The molecule has 1 aliphatic rings. The molecule has 0 unspecified atom stereocenters.